The molecule has 0 aromatic heterocycles. The largest absolute Gasteiger partial charge is 0.377 e. The molecular weight excluding hydrogens is 152 g/mol. The van der Waals surface area contributed by atoms with Crippen molar-refractivity contribution < 1.29 is 4.74 Å². The van der Waals surface area contributed by atoms with Crippen LogP contribution in [0.4, 0.5) is 0 Å². The lowest BCUT2D eigenvalue weighted by Gasteiger charge is -2.19. The van der Waals surface area contributed by atoms with Crippen molar-refractivity contribution in [2.45, 2.75) is 25.9 Å². The van der Waals surface area contributed by atoms with Crippen molar-refractivity contribution in [2.24, 2.45) is 0 Å². The highest BCUT2D eigenvalue weighted by Gasteiger charge is 2.13. The van der Waals surface area contributed by atoms with Gasteiger partial charge in [-0.15, -0.1) is 0 Å². The van der Waals surface area contributed by atoms with Crippen molar-refractivity contribution in [1.29, 1.82) is 5.26 Å². The van der Waals surface area contributed by atoms with Crippen molar-refractivity contribution >= 4 is 0 Å². The highest BCUT2D eigenvalue weighted by Crippen LogP contribution is 2.05. The quantitative estimate of drug-likeness (QED) is 0.617. The van der Waals surface area contributed by atoms with Crippen LogP contribution in [0.2, 0.25) is 0 Å². The topological polar surface area (TPSA) is 36.3 Å². The van der Waals surface area contributed by atoms with Crippen molar-refractivity contribution in [1.82, 2.24) is 4.90 Å². The van der Waals surface area contributed by atoms with Crippen LogP contribution in [0.5, 0.6) is 0 Å². The first kappa shape index (κ1) is 9.50. The Morgan fingerprint density at radius 3 is 3.25 bits per heavy atom. The van der Waals surface area contributed by atoms with Gasteiger partial charge >= 0.3 is 0 Å². The molecule has 0 spiro atoms. The molecule has 1 heterocycles. The Morgan fingerprint density at radius 1 is 1.67 bits per heavy atom. The Kier molecular flexibility index (Phi) is 4.06. The molecule has 0 aliphatic carbocycles. The van der Waals surface area contributed by atoms with Gasteiger partial charge in [0.25, 0.3) is 0 Å². The molecular formula is C9H16N2O. The molecule has 1 aliphatic heterocycles. The third kappa shape index (κ3) is 3.21. The third-order valence-electron chi connectivity index (χ3n) is 2.08. The van der Waals surface area contributed by atoms with Crippen LogP contribution in [0.3, 0.4) is 0 Å². The first-order valence-corrected chi connectivity index (χ1v) is 4.54. The minimum atomic E-state index is 0.325. The Balaban J connectivity index is 2.27. The maximum atomic E-state index is 8.43. The van der Waals surface area contributed by atoms with Crippen LogP contribution in [0.15, 0.2) is 0 Å². The van der Waals surface area contributed by atoms with Crippen molar-refractivity contribution in [3.8, 4) is 6.07 Å². The average molecular weight is 168 g/mol. The van der Waals surface area contributed by atoms with Gasteiger partial charge in [0.05, 0.1) is 12.2 Å². The fraction of sp³-hybridized carbons (Fsp3) is 0.889. The molecule has 0 aromatic rings. The minimum Gasteiger partial charge on any atom is -0.377 e. The number of hydrogen-bond acceptors (Lipinski definition) is 3. The second kappa shape index (κ2) is 5.13. The summed E-state index contributed by atoms with van der Waals surface area (Å²) in [5.41, 5.74) is 0. The van der Waals surface area contributed by atoms with Gasteiger partial charge in [0.2, 0.25) is 0 Å². The lowest BCUT2D eigenvalue weighted by molar-refractivity contribution is 0.0680. The van der Waals surface area contributed by atoms with Gasteiger partial charge in [-0.05, 0) is 13.3 Å². The van der Waals surface area contributed by atoms with Gasteiger partial charge in [-0.25, -0.2) is 0 Å². The predicted molar refractivity (Wildman–Crippen MR) is 46.7 cm³/mol. The SMILES string of the molecule is CC1CN(CCC#N)CCCO1. The molecule has 68 valence electrons. The van der Waals surface area contributed by atoms with E-state index in [0.29, 0.717) is 12.5 Å². The second-order valence-electron chi connectivity index (χ2n) is 3.24. The highest BCUT2D eigenvalue weighted by atomic mass is 16.5. The zero-order valence-corrected chi connectivity index (χ0v) is 7.62. The van der Waals surface area contributed by atoms with Gasteiger partial charge in [-0.1, -0.05) is 0 Å². The monoisotopic (exact) mass is 168 g/mol. The molecule has 1 rings (SSSR count). The summed E-state index contributed by atoms with van der Waals surface area (Å²) in [4.78, 5) is 2.31. The van der Waals surface area contributed by atoms with E-state index in [0.717, 1.165) is 32.7 Å². The fourth-order valence-corrected chi connectivity index (χ4v) is 1.49. The van der Waals surface area contributed by atoms with Gasteiger partial charge in [0.15, 0.2) is 0 Å². The summed E-state index contributed by atoms with van der Waals surface area (Å²) in [6.07, 6.45) is 2.05. The Bertz CT molecular complexity index is 164. The number of hydrogen-bond donors (Lipinski definition) is 0. The zero-order valence-electron chi connectivity index (χ0n) is 7.62. The molecule has 1 fully saturated rings. The minimum absolute atomic E-state index is 0.325. The molecule has 1 unspecified atom stereocenters. The highest BCUT2D eigenvalue weighted by molar-refractivity contribution is 4.74. The number of rotatable bonds is 2. The summed E-state index contributed by atoms with van der Waals surface area (Å²) in [6, 6.07) is 2.17. The second-order valence-corrected chi connectivity index (χ2v) is 3.24. The molecule has 0 amide bonds. The van der Waals surface area contributed by atoms with Crippen LogP contribution in [0, 0.1) is 11.3 Å². The van der Waals surface area contributed by atoms with Gasteiger partial charge in [0, 0.05) is 32.7 Å². The molecule has 1 saturated heterocycles. The molecule has 0 bridgehead atoms. The maximum absolute atomic E-state index is 8.43. The normalized spacial score (nSPS) is 26.2. The smallest absolute Gasteiger partial charge is 0.0673 e. The van der Waals surface area contributed by atoms with Gasteiger partial charge in [0.1, 0.15) is 0 Å². The maximum Gasteiger partial charge on any atom is 0.0673 e. The first-order valence-electron chi connectivity index (χ1n) is 4.54. The lowest BCUT2D eigenvalue weighted by Crippen LogP contribution is -2.30. The molecule has 12 heavy (non-hydrogen) atoms. The van der Waals surface area contributed by atoms with Gasteiger partial charge in [-0.3, -0.25) is 4.90 Å². The van der Waals surface area contributed by atoms with E-state index >= 15 is 0 Å². The molecule has 3 nitrogen and oxygen atoms in total. The molecule has 0 radical (unpaired) electrons. The summed E-state index contributed by atoms with van der Waals surface area (Å²) in [5.74, 6) is 0. The Morgan fingerprint density at radius 2 is 2.50 bits per heavy atom. The Hall–Kier alpha value is -0.590. The molecule has 1 atom stereocenters. The molecule has 0 N–H and O–H groups in total. The van der Waals surface area contributed by atoms with E-state index in [1.165, 1.54) is 0 Å². The van der Waals surface area contributed by atoms with E-state index in [4.69, 9.17) is 10.00 Å². The summed E-state index contributed by atoms with van der Waals surface area (Å²) < 4.78 is 5.49. The van der Waals surface area contributed by atoms with Gasteiger partial charge in [-0.2, -0.15) is 5.26 Å². The summed E-state index contributed by atoms with van der Waals surface area (Å²) >= 11 is 0. The van der Waals surface area contributed by atoms with Crippen molar-refractivity contribution in [3.05, 3.63) is 0 Å². The first-order chi connectivity index (χ1) is 5.83. The van der Waals surface area contributed by atoms with E-state index in [2.05, 4.69) is 17.9 Å². The summed E-state index contributed by atoms with van der Waals surface area (Å²) in [6.45, 7) is 5.90. The van der Waals surface area contributed by atoms with Crippen LogP contribution in [0.1, 0.15) is 19.8 Å². The fourth-order valence-electron chi connectivity index (χ4n) is 1.49. The molecule has 1 aliphatic rings. The standard InChI is InChI=1S/C9H16N2O/c1-9-8-11(5-2-4-10)6-3-7-12-9/h9H,2-3,5-8H2,1H3. The predicted octanol–water partition coefficient (Wildman–Crippen LogP) is 1.01. The number of ether oxygens (including phenoxy) is 1. The molecule has 0 saturated carbocycles. The van der Waals surface area contributed by atoms with E-state index < -0.39 is 0 Å². The van der Waals surface area contributed by atoms with E-state index in [1.807, 2.05) is 0 Å². The van der Waals surface area contributed by atoms with Crippen molar-refractivity contribution in [3.63, 3.8) is 0 Å². The zero-order chi connectivity index (χ0) is 8.81. The van der Waals surface area contributed by atoms with E-state index in [9.17, 15) is 0 Å². The van der Waals surface area contributed by atoms with Gasteiger partial charge < -0.3 is 4.74 Å². The van der Waals surface area contributed by atoms with E-state index in [1.54, 1.807) is 0 Å². The average Bonchev–Trinajstić information content (AvgIpc) is 2.26. The molecule has 3 heteroatoms. The van der Waals surface area contributed by atoms with Crippen LogP contribution in [0.25, 0.3) is 0 Å². The third-order valence-corrected chi connectivity index (χ3v) is 2.08. The van der Waals surface area contributed by atoms with Crippen molar-refractivity contribution in [2.75, 3.05) is 26.2 Å². The van der Waals surface area contributed by atoms with E-state index in [-0.39, 0.29) is 0 Å². The lowest BCUT2D eigenvalue weighted by atomic mass is 10.3. The summed E-state index contributed by atoms with van der Waals surface area (Å²) in [5, 5.41) is 8.43. The molecule has 0 aromatic carbocycles. The van der Waals surface area contributed by atoms with Crippen LogP contribution >= 0.6 is 0 Å². The van der Waals surface area contributed by atoms with Crippen LogP contribution in [-0.4, -0.2) is 37.2 Å². The summed E-state index contributed by atoms with van der Waals surface area (Å²) in [7, 11) is 0. The van der Waals surface area contributed by atoms with Crippen LogP contribution in [-0.2, 0) is 4.74 Å². The van der Waals surface area contributed by atoms with Crippen LogP contribution < -0.4 is 0 Å². The number of nitrogens with zero attached hydrogens (tertiary/aromatic N) is 2. The number of nitriles is 1. The Labute approximate surface area is 73.9 Å².